The molecule has 0 fully saturated rings. The standard InChI is InChI=1S/C11H14Br2O3S/c1-2-3-4-6(11(15)16)9(14)8-5-7(12)10(13)17-8/h5-6,9,14H,2-4H2,1H3,(H,15,16). The minimum atomic E-state index is -0.938. The summed E-state index contributed by atoms with van der Waals surface area (Å²) in [5, 5.41) is 19.2. The Bertz CT molecular complexity index is 373. The zero-order valence-corrected chi connectivity index (χ0v) is 13.3. The fourth-order valence-corrected chi connectivity index (χ4v) is 3.69. The largest absolute Gasteiger partial charge is 0.481 e. The molecular formula is C11H14Br2O3S. The van der Waals surface area contributed by atoms with E-state index in [9.17, 15) is 9.90 Å². The van der Waals surface area contributed by atoms with Crippen molar-refractivity contribution < 1.29 is 15.0 Å². The van der Waals surface area contributed by atoms with Gasteiger partial charge in [0.25, 0.3) is 0 Å². The van der Waals surface area contributed by atoms with Gasteiger partial charge in [-0.3, -0.25) is 4.79 Å². The molecule has 1 rings (SSSR count). The van der Waals surface area contributed by atoms with Crippen LogP contribution in [0.15, 0.2) is 14.3 Å². The molecule has 1 aromatic heterocycles. The van der Waals surface area contributed by atoms with E-state index in [0.717, 1.165) is 21.1 Å². The van der Waals surface area contributed by atoms with Crippen molar-refractivity contribution in [3.63, 3.8) is 0 Å². The number of halogens is 2. The smallest absolute Gasteiger partial charge is 0.309 e. The van der Waals surface area contributed by atoms with Crippen LogP contribution in [-0.4, -0.2) is 16.2 Å². The van der Waals surface area contributed by atoms with Crippen LogP contribution in [0.5, 0.6) is 0 Å². The number of aliphatic carboxylic acids is 1. The predicted octanol–water partition coefficient (Wildman–Crippen LogP) is 4.20. The Morgan fingerprint density at radius 1 is 1.53 bits per heavy atom. The molecule has 0 aliphatic heterocycles. The molecule has 0 saturated carbocycles. The van der Waals surface area contributed by atoms with Gasteiger partial charge in [0, 0.05) is 9.35 Å². The van der Waals surface area contributed by atoms with Crippen molar-refractivity contribution in [1.82, 2.24) is 0 Å². The lowest BCUT2D eigenvalue weighted by atomic mass is 9.95. The highest BCUT2D eigenvalue weighted by Crippen LogP contribution is 2.38. The summed E-state index contributed by atoms with van der Waals surface area (Å²) in [4.78, 5) is 11.8. The first-order valence-corrected chi connectivity index (χ1v) is 7.73. The molecule has 0 aliphatic carbocycles. The summed E-state index contributed by atoms with van der Waals surface area (Å²) in [6.07, 6.45) is 1.29. The van der Waals surface area contributed by atoms with E-state index in [1.807, 2.05) is 6.92 Å². The number of carboxylic acid groups (broad SMARTS) is 1. The van der Waals surface area contributed by atoms with E-state index in [1.165, 1.54) is 11.3 Å². The van der Waals surface area contributed by atoms with Gasteiger partial charge in [-0.15, -0.1) is 11.3 Å². The Morgan fingerprint density at radius 3 is 2.59 bits per heavy atom. The molecule has 0 saturated heterocycles. The van der Waals surface area contributed by atoms with Crippen LogP contribution in [0.1, 0.15) is 37.2 Å². The number of rotatable bonds is 6. The first-order valence-electron chi connectivity index (χ1n) is 5.33. The number of unbranched alkanes of at least 4 members (excludes halogenated alkanes) is 1. The molecular weight excluding hydrogens is 372 g/mol. The van der Waals surface area contributed by atoms with Gasteiger partial charge in [-0.2, -0.15) is 0 Å². The third-order valence-electron chi connectivity index (χ3n) is 2.52. The summed E-state index contributed by atoms with van der Waals surface area (Å²) in [6, 6.07) is 1.77. The van der Waals surface area contributed by atoms with Crippen molar-refractivity contribution in [3.05, 3.63) is 19.2 Å². The number of aliphatic hydroxyl groups excluding tert-OH is 1. The van der Waals surface area contributed by atoms with Gasteiger partial charge in [0.2, 0.25) is 0 Å². The second-order valence-corrected chi connectivity index (χ2v) is 7.06. The van der Waals surface area contributed by atoms with E-state index in [1.54, 1.807) is 6.07 Å². The minimum absolute atomic E-state index is 0.500. The summed E-state index contributed by atoms with van der Waals surface area (Å²) >= 11 is 8.02. The summed E-state index contributed by atoms with van der Waals surface area (Å²) in [5.74, 6) is -1.67. The van der Waals surface area contributed by atoms with Crippen molar-refractivity contribution in [2.45, 2.75) is 32.3 Å². The normalized spacial score (nSPS) is 14.6. The Hall–Kier alpha value is 0.0900. The van der Waals surface area contributed by atoms with Crippen molar-refractivity contribution in [2.75, 3.05) is 0 Å². The van der Waals surface area contributed by atoms with Crippen LogP contribution in [0.25, 0.3) is 0 Å². The quantitative estimate of drug-likeness (QED) is 0.771. The maximum absolute atomic E-state index is 11.1. The number of carboxylic acids is 1. The maximum Gasteiger partial charge on any atom is 0.309 e. The van der Waals surface area contributed by atoms with E-state index in [2.05, 4.69) is 31.9 Å². The summed E-state index contributed by atoms with van der Waals surface area (Å²) in [7, 11) is 0. The number of hydrogen-bond acceptors (Lipinski definition) is 3. The molecule has 0 amide bonds. The van der Waals surface area contributed by atoms with Crippen LogP contribution in [0.3, 0.4) is 0 Å². The summed E-state index contributed by atoms with van der Waals surface area (Å²) < 4.78 is 1.71. The molecule has 0 bridgehead atoms. The minimum Gasteiger partial charge on any atom is -0.481 e. The van der Waals surface area contributed by atoms with Gasteiger partial charge in [-0.1, -0.05) is 19.8 Å². The Morgan fingerprint density at radius 2 is 2.18 bits per heavy atom. The summed E-state index contributed by atoms with van der Waals surface area (Å²) in [5.41, 5.74) is 0. The lowest BCUT2D eigenvalue weighted by Gasteiger charge is -2.17. The Balaban J connectivity index is 2.83. The van der Waals surface area contributed by atoms with Gasteiger partial charge in [-0.05, 0) is 44.3 Å². The van der Waals surface area contributed by atoms with E-state index in [-0.39, 0.29) is 0 Å². The highest BCUT2D eigenvalue weighted by molar-refractivity contribution is 9.13. The van der Waals surface area contributed by atoms with Crippen LogP contribution in [0.2, 0.25) is 0 Å². The van der Waals surface area contributed by atoms with E-state index < -0.39 is 18.0 Å². The average molecular weight is 386 g/mol. The second-order valence-electron chi connectivity index (χ2n) is 3.80. The zero-order valence-electron chi connectivity index (χ0n) is 9.32. The third-order valence-corrected chi connectivity index (χ3v) is 5.85. The highest BCUT2D eigenvalue weighted by Gasteiger charge is 2.28. The van der Waals surface area contributed by atoms with Gasteiger partial charge in [0.05, 0.1) is 9.70 Å². The molecule has 3 nitrogen and oxygen atoms in total. The average Bonchev–Trinajstić information content (AvgIpc) is 2.59. The molecule has 17 heavy (non-hydrogen) atoms. The first kappa shape index (κ1) is 15.1. The fraction of sp³-hybridized carbons (Fsp3) is 0.545. The molecule has 2 atom stereocenters. The van der Waals surface area contributed by atoms with Crippen molar-refractivity contribution >= 4 is 49.2 Å². The SMILES string of the molecule is CCCCC(C(=O)O)C(O)c1cc(Br)c(Br)s1. The van der Waals surface area contributed by atoms with E-state index in [4.69, 9.17) is 5.11 Å². The van der Waals surface area contributed by atoms with Crippen molar-refractivity contribution in [2.24, 2.45) is 5.92 Å². The lowest BCUT2D eigenvalue weighted by molar-refractivity contribution is -0.146. The Kier molecular flexibility index (Phi) is 6.12. The van der Waals surface area contributed by atoms with Gasteiger partial charge in [0.1, 0.15) is 6.10 Å². The van der Waals surface area contributed by atoms with Gasteiger partial charge < -0.3 is 10.2 Å². The molecule has 96 valence electrons. The van der Waals surface area contributed by atoms with Crippen LogP contribution in [0.4, 0.5) is 0 Å². The topological polar surface area (TPSA) is 57.5 Å². The predicted molar refractivity (Wildman–Crippen MR) is 75.3 cm³/mol. The number of aliphatic hydroxyl groups is 1. The molecule has 0 spiro atoms. The number of carbonyl (C=O) groups is 1. The molecule has 0 aromatic carbocycles. The van der Waals surface area contributed by atoms with E-state index in [0.29, 0.717) is 11.3 Å². The number of thiophene rings is 1. The second kappa shape index (κ2) is 6.87. The molecule has 1 aromatic rings. The fourth-order valence-electron chi connectivity index (χ4n) is 1.55. The lowest BCUT2D eigenvalue weighted by Crippen LogP contribution is -2.21. The maximum atomic E-state index is 11.1. The number of hydrogen-bond donors (Lipinski definition) is 2. The molecule has 2 N–H and O–H groups in total. The van der Waals surface area contributed by atoms with Gasteiger partial charge in [0.15, 0.2) is 0 Å². The van der Waals surface area contributed by atoms with Gasteiger partial charge >= 0.3 is 5.97 Å². The monoisotopic (exact) mass is 384 g/mol. The summed E-state index contributed by atoms with van der Waals surface area (Å²) in [6.45, 7) is 2.00. The molecule has 6 heteroatoms. The molecule has 0 radical (unpaired) electrons. The van der Waals surface area contributed by atoms with Crippen LogP contribution >= 0.6 is 43.2 Å². The Labute approximate surface area is 121 Å². The van der Waals surface area contributed by atoms with Crippen molar-refractivity contribution in [3.8, 4) is 0 Å². The van der Waals surface area contributed by atoms with Crippen LogP contribution < -0.4 is 0 Å². The molecule has 2 unspecified atom stereocenters. The molecule has 0 aliphatic rings. The first-order chi connectivity index (χ1) is 7.97. The van der Waals surface area contributed by atoms with Gasteiger partial charge in [-0.25, -0.2) is 0 Å². The van der Waals surface area contributed by atoms with E-state index >= 15 is 0 Å². The van der Waals surface area contributed by atoms with Crippen LogP contribution in [0, 0.1) is 5.92 Å². The highest BCUT2D eigenvalue weighted by atomic mass is 79.9. The van der Waals surface area contributed by atoms with Crippen molar-refractivity contribution in [1.29, 1.82) is 0 Å². The third kappa shape index (κ3) is 4.05. The molecule has 1 heterocycles. The van der Waals surface area contributed by atoms with Crippen LogP contribution in [-0.2, 0) is 4.79 Å². The zero-order chi connectivity index (χ0) is 13.0.